The van der Waals surface area contributed by atoms with E-state index in [0.717, 1.165) is 17.0 Å². The molecule has 0 saturated carbocycles. The lowest BCUT2D eigenvalue weighted by Crippen LogP contribution is -2.24. The molecule has 1 aromatic heterocycles. The topological polar surface area (TPSA) is 59.2 Å². The van der Waals surface area contributed by atoms with Crippen LogP contribution in [0.2, 0.25) is 0 Å². The Morgan fingerprint density at radius 2 is 2.20 bits per heavy atom. The Balaban J connectivity index is 2.83. The van der Waals surface area contributed by atoms with E-state index in [1.54, 1.807) is 11.9 Å². The van der Waals surface area contributed by atoms with Crippen molar-refractivity contribution in [3.8, 4) is 0 Å². The number of amides is 1. The Hall–Kier alpha value is -1.42. The van der Waals surface area contributed by atoms with Crippen LogP contribution < -0.4 is 5.73 Å². The molecule has 0 bridgehead atoms. The third-order valence-electron chi connectivity index (χ3n) is 2.39. The van der Waals surface area contributed by atoms with Crippen LogP contribution in [0.15, 0.2) is 12.1 Å². The summed E-state index contributed by atoms with van der Waals surface area (Å²) in [7, 11) is 1.76. The van der Waals surface area contributed by atoms with E-state index in [4.69, 9.17) is 5.73 Å². The number of rotatable bonds is 3. The van der Waals surface area contributed by atoms with Gasteiger partial charge in [0.1, 0.15) is 0 Å². The van der Waals surface area contributed by atoms with Crippen molar-refractivity contribution in [3.05, 3.63) is 29.1 Å². The van der Waals surface area contributed by atoms with Crippen molar-refractivity contribution in [3.63, 3.8) is 0 Å². The van der Waals surface area contributed by atoms with Gasteiger partial charge in [0, 0.05) is 20.5 Å². The van der Waals surface area contributed by atoms with Crippen LogP contribution in [0.25, 0.3) is 0 Å². The molecule has 0 aliphatic carbocycles. The van der Waals surface area contributed by atoms with Crippen molar-refractivity contribution in [2.75, 3.05) is 7.05 Å². The van der Waals surface area contributed by atoms with E-state index < -0.39 is 0 Å². The number of hydrogen-bond donors (Lipinski definition) is 1. The van der Waals surface area contributed by atoms with Gasteiger partial charge in [-0.1, -0.05) is 6.07 Å². The molecular weight excluding hydrogens is 190 g/mol. The van der Waals surface area contributed by atoms with Gasteiger partial charge in [0.05, 0.1) is 17.9 Å². The maximum Gasteiger partial charge on any atom is 0.219 e. The monoisotopic (exact) mass is 207 g/mol. The molecule has 4 heteroatoms. The van der Waals surface area contributed by atoms with E-state index in [-0.39, 0.29) is 5.91 Å². The largest absolute Gasteiger partial charge is 0.340 e. The van der Waals surface area contributed by atoms with E-state index in [9.17, 15) is 4.79 Å². The van der Waals surface area contributed by atoms with Crippen molar-refractivity contribution in [2.24, 2.45) is 5.73 Å². The number of carbonyl (C=O) groups excluding carboxylic acids is 1. The lowest BCUT2D eigenvalue weighted by molar-refractivity contribution is -0.128. The fourth-order valence-corrected chi connectivity index (χ4v) is 1.27. The molecule has 1 aromatic rings. The highest BCUT2D eigenvalue weighted by atomic mass is 16.2. The molecule has 4 nitrogen and oxygen atoms in total. The third kappa shape index (κ3) is 3.02. The highest BCUT2D eigenvalue weighted by Gasteiger charge is 2.06. The first-order valence-electron chi connectivity index (χ1n) is 4.91. The summed E-state index contributed by atoms with van der Waals surface area (Å²) in [6.07, 6.45) is 0. The minimum Gasteiger partial charge on any atom is -0.340 e. The van der Waals surface area contributed by atoms with Gasteiger partial charge in [-0.15, -0.1) is 0 Å². The van der Waals surface area contributed by atoms with Gasteiger partial charge in [0.25, 0.3) is 0 Å². The molecule has 0 unspecified atom stereocenters. The van der Waals surface area contributed by atoms with Gasteiger partial charge in [-0.05, 0) is 18.6 Å². The molecule has 82 valence electrons. The van der Waals surface area contributed by atoms with Crippen molar-refractivity contribution in [1.82, 2.24) is 9.88 Å². The standard InChI is InChI=1S/C11H17N3O/c1-8-4-5-10(13-11(8)6-12)7-14(3)9(2)15/h4-5H,6-7,12H2,1-3H3. The second-order valence-electron chi connectivity index (χ2n) is 3.65. The second-order valence-corrected chi connectivity index (χ2v) is 3.65. The quantitative estimate of drug-likeness (QED) is 0.798. The second kappa shape index (κ2) is 4.89. The van der Waals surface area contributed by atoms with Crippen LogP contribution in [0.3, 0.4) is 0 Å². The molecule has 1 amide bonds. The number of nitrogens with zero attached hydrogens (tertiary/aromatic N) is 2. The Morgan fingerprint density at radius 1 is 1.53 bits per heavy atom. The van der Waals surface area contributed by atoms with Gasteiger partial charge >= 0.3 is 0 Å². The van der Waals surface area contributed by atoms with Gasteiger partial charge in [0.15, 0.2) is 0 Å². The molecule has 0 aliphatic rings. The highest BCUT2D eigenvalue weighted by molar-refractivity contribution is 5.72. The van der Waals surface area contributed by atoms with Crippen LogP contribution in [-0.2, 0) is 17.9 Å². The predicted octanol–water partition coefficient (Wildman–Crippen LogP) is 0.827. The number of aromatic nitrogens is 1. The van der Waals surface area contributed by atoms with Crippen LogP contribution in [0.1, 0.15) is 23.9 Å². The highest BCUT2D eigenvalue weighted by Crippen LogP contribution is 2.07. The molecule has 15 heavy (non-hydrogen) atoms. The van der Waals surface area contributed by atoms with Crippen LogP contribution in [-0.4, -0.2) is 22.8 Å². The minimum atomic E-state index is 0.0340. The van der Waals surface area contributed by atoms with Gasteiger partial charge in [-0.3, -0.25) is 9.78 Å². The molecule has 0 atom stereocenters. The molecular formula is C11H17N3O. The number of nitrogens with two attached hydrogens (primary N) is 1. The van der Waals surface area contributed by atoms with Crippen LogP contribution >= 0.6 is 0 Å². The summed E-state index contributed by atoms with van der Waals surface area (Å²) < 4.78 is 0. The zero-order valence-electron chi connectivity index (χ0n) is 9.45. The van der Waals surface area contributed by atoms with Gasteiger partial charge < -0.3 is 10.6 Å². The Bertz CT molecular complexity index is 363. The fourth-order valence-electron chi connectivity index (χ4n) is 1.27. The van der Waals surface area contributed by atoms with E-state index >= 15 is 0 Å². The average Bonchev–Trinajstić information content (AvgIpc) is 2.20. The zero-order chi connectivity index (χ0) is 11.4. The average molecular weight is 207 g/mol. The maximum absolute atomic E-state index is 11.0. The van der Waals surface area contributed by atoms with Crippen molar-refractivity contribution >= 4 is 5.91 Å². The van der Waals surface area contributed by atoms with Gasteiger partial charge in [0.2, 0.25) is 5.91 Å². The molecule has 1 rings (SSSR count). The Morgan fingerprint density at radius 3 is 2.73 bits per heavy atom. The van der Waals surface area contributed by atoms with Crippen LogP contribution in [0.5, 0.6) is 0 Å². The summed E-state index contributed by atoms with van der Waals surface area (Å²) in [5, 5.41) is 0. The lowest BCUT2D eigenvalue weighted by Gasteiger charge is -2.15. The summed E-state index contributed by atoms with van der Waals surface area (Å²) in [6.45, 7) is 4.48. The first-order chi connectivity index (χ1) is 7.04. The molecule has 0 radical (unpaired) electrons. The summed E-state index contributed by atoms with van der Waals surface area (Å²) >= 11 is 0. The SMILES string of the molecule is CC(=O)N(C)Cc1ccc(C)c(CN)n1. The third-order valence-corrected chi connectivity index (χ3v) is 2.39. The van der Waals surface area contributed by atoms with E-state index in [1.807, 2.05) is 19.1 Å². The zero-order valence-corrected chi connectivity index (χ0v) is 9.45. The normalized spacial score (nSPS) is 10.1. The van der Waals surface area contributed by atoms with E-state index in [1.165, 1.54) is 6.92 Å². The first kappa shape index (κ1) is 11.7. The minimum absolute atomic E-state index is 0.0340. The lowest BCUT2D eigenvalue weighted by atomic mass is 10.2. The van der Waals surface area contributed by atoms with Crippen LogP contribution in [0, 0.1) is 6.92 Å². The first-order valence-corrected chi connectivity index (χ1v) is 4.91. The van der Waals surface area contributed by atoms with Crippen LogP contribution in [0.4, 0.5) is 0 Å². The number of carbonyl (C=O) groups is 1. The predicted molar refractivity (Wildman–Crippen MR) is 59.0 cm³/mol. The van der Waals surface area contributed by atoms with E-state index in [0.29, 0.717) is 13.1 Å². The van der Waals surface area contributed by atoms with Crippen molar-refractivity contribution in [2.45, 2.75) is 26.9 Å². The molecule has 2 N–H and O–H groups in total. The number of pyridine rings is 1. The molecule has 0 spiro atoms. The summed E-state index contributed by atoms with van der Waals surface area (Å²) in [5.74, 6) is 0.0340. The van der Waals surface area contributed by atoms with Gasteiger partial charge in [-0.25, -0.2) is 0 Å². The fraction of sp³-hybridized carbons (Fsp3) is 0.455. The maximum atomic E-state index is 11.0. The van der Waals surface area contributed by atoms with Crippen molar-refractivity contribution < 1.29 is 4.79 Å². The van der Waals surface area contributed by atoms with Crippen molar-refractivity contribution in [1.29, 1.82) is 0 Å². The molecule has 1 heterocycles. The van der Waals surface area contributed by atoms with Gasteiger partial charge in [-0.2, -0.15) is 0 Å². The summed E-state index contributed by atoms with van der Waals surface area (Å²) in [6, 6.07) is 3.91. The molecule has 0 fully saturated rings. The smallest absolute Gasteiger partial charge is 0.219 e. The number of hydrogen-bond acceptors (Lipinski definition) is 3. The Labute approximate surface area is 90.1 Å². The summed E-state index contributed by atoms with van der Waals surface area (Å²) in [5.41, 5.74) is 8.42. The molecule has 0 aliphatic heterocycles. The number of aryl methyl sites for hydroxylation is 1. The molecule has 0 saturated heterocycles. The Kier molecular flexibility index (Phi) is 3.80. The van der Waals surface area contributed by atoms with E-state index in [2.05, 4.69) is 4.98 Å². The summed E-state index contributed by atoms with van der Waals surface area (Å²) in [4.78, 5) is 17.1. The molecule has 0 aromatic carbocycles.